The van der Waals surface area contributed by atoms with E-state index in [1.807, 2.05) is 6.92 Å². The number of hydrogen-bond acceptors (Lipinski definition) is 5. The second-order valence-corrected chi connectivity index (χ2v) is 9.03. The number of halogens is 1. The van der Waals surface area contributed by atoms with Gasteiger partial charge in [0, 0.05) is 12.1 Å². The van der Waals surface area contributed by atoms with Crippen molar-refractivity contribution in [1.82, 2.24) is 10.0 Å². The van der Waals surface area contributed by atoms with Crippen LogP contribution in [0.3, 0.4) is 0 Å². The molecule has 0 saturated heterocycles. The molecule has 166 valence electrons. The van der Waals surface area contributed by atoms with Gasteiger partial charge in [-0.05, 0) is 25.1 Å². The maximum absolute atomic E-state index is 13.6. The van der Waals surface area contributed by atoms with E-state index < -0.39 is 40.7 Å². The summed E-state index contributed by atoms with van der Waals surface area (Å²) in [6.07, 6.45) is 1.62. The summed E-state index contributed by atoms with van der Waals surface area (Å²) in [5, 5.41) is 12.3. The zero-order valence-electron chi connectivity index (χ0n) is 17.0. The van der Waals surface area contributed by atoms with E-state index in [0.29, 0.717) is 5.56 Å². The molecule has 1 aliphatic heterocycles. The van der Waals surface area contributed by atoms with Crippen molar-refractivity contribution >= 4 is 15.9 Å². The van der Waals surface area contributed by atoms with Crippen molar-refractivity contribution in [1.29, 1.82) is 0 Å². The number of nitrogens with one attached hydrogen (secondary N) is 2. The average Bonchev–Trinajstić information content (AvgIpc) is 2.74. The van der Waals surface area contributed by atoms with Crippen LogP contribution < -0.4 is 10.0 Å². The predicted octanol–water partition coefficient (Wildman–Crippen LogP) is 1.80. The van der Waals surface area contributed by atoms with Gasteiger partial charge in [-0.1, -0.05) is 48.0 Å². The minimum absolute atomic E-state index is 0.0428. The molecule has 3 rings (SSSR count). The maximum Gasteiger partial charge on any atom is 0.241 e. The molecular formula is C22H25FN2O5S. The quantitative estimate of drug-likeness (QED) is 0.534. The van der Waals surface area contributed by atoms with Crippen molar-refractivity contribution < 1.29 is 27.4 Å². The number of sulfonamides is 1. The fourth-order valence-corrected chi connectivity index (χ4v) is 4.38. The first-order valence-corrected chi connectivity index (χ1v) is 11.3. The zero-order valence-corrected chi connectivity index (χ0v) is 17.8. The molecule has 3 N–H and O–H groups in total. The van der Waals surface area contributed by atoms with E-state index in [1.165, 1.54) is 18.2 Å². The smallest absolute Gasteiger partial charge is 0.241 e. The number of aliphatic hydroxyl groups excluding tert-OH is 1. The average molecular weight is 449 g/mol. The molecule has 0 spiro atoms. The summed E-state index contributed by atoms with van der Waals surface area (Å²) in [5.41, 5.74) is 1.30. The molecule has 31 heavy (non-hydrogen) atoms. The summed E-state index contributed by atoms with van der Waals surface area (Å²) in [5.74, 6) is -0.756. The van der Waals surface area contributed by atoms with Gasteiger partial charge in [0.1, 0.15) is 11.9 Å². The van der Waals surface area contributed by atoms with Gasteiger partial charge in [-0.25, -0.2) is 17.5 Å². The van der Waals surface area contributed by atoms with E-state index in [4.69, 9.17) is 4.74 Å². The van der Waals surface area contributed by atoms with E-state index in [0.717, 1.165) is 5.56 Å². The molecule has 2 aromatic rings. The Morgan fingerprint density at radius 3 is 2.52 bits per heavy atom. The highest BCUT2D eigenvalue weighted by Crippen LogP contribution is 2.19. The Morgan fingerprint density at radius 1 is 1.13 bits per heavy atom. The van der Waals surface area contributed by atoms with E-state index in [1.54, 1.807) is 42.5 Å². The van der Waals surface area contributed by atoms with E-state index in [-0.39, 0.29) is 23.8 Å². The maximum atomic E-state index is 13.6. The third-order valence-corrected chi connectivity index (χ3v) is 6.38. The first-order chi connectivity index (χ1) is 14.8. The van der Waals surface area contributed by atoms with Gasteiger partial charge < -0.3 is 15.2 Å². The van der Waals surface area contributed by atoms with Crippen LogP contribution in [0.5, 0.6) is 0 Å². The van der Waals surface area contributed by atoms with Crippen molar-refractivity contribution in [2.45, 2.75) is 43.0 Å². The number of aryl methyl sites for hydroxylation is 1. The molecule has 3 atom stereocenters. The van der Waals surface area contributed by atoms with Gasteiger partial charge in [0.2, 0.25) is 15.9 Å². The van der Waals surface area contributed by atoms with Gasteiger partial charge in [-0.2, -0.15) is 0 Å². The Bertz CT molecular complexity index is 1040. The Morgan fingerprint density at radius 2 is 1.84 bits per heavy atom. The molecule has 1 amide bonds. The van der Waals surface area contributed by atoms with Crippen molar-refractivity contribution in [3.63, 3.8) is 0 Å². The summed E-state index contributed by atoms with van der Waals surface area (Å²) >= 11 is 0. The first kappa shape index (κ1) is 23.1. The number of hydrogen-bond donors (Lipinski definition) is 3. The number of carbonyl (C=O) groups is 1. The highest BCUT2D eigenvalue weighted by atomic mass is 32.2. The Kier molecular flexibility index (Phi) is 7.55. The van der Waals surface area contributed by atoms with Gasteiger partial charge in [0.15, 0.2) is 0 Å². The molecule has 9 heteroatoms. The highest BCUT2D eigenvalue weighted by Gasteiger charge is 2.31. The Hall–Kier alpha value is -2.59. The topological polar surface area (TPSA) is 105 Å². The number of amides is 1. The minimum Gasteiger partial charge on any atom is -0.394 e. The number of benzene rings is 2. The standard InChI is InChI=1S/C22H25FN2O5S/c1-15-6-9-18(10-7-15)31(28,29)25-20-11-8-17(30-21(20)14-26)12-22(27)24-13-16-4-2-3-5-19(16)23/h2-11,17,20-21,25-26H,12-14H2,1H3,(H,24,27)/t17-,20+,21+/m0/s1. The molecule has 0 radical (unpaired) electrons. The van der Waals surface area contributed by atoms with Crippen LogP contribution in [0.25, 0.3) is 0 Å². The summed E-state index contributed by atoms with van der Waals surface area (Å²) in [7, 11) is -3.81. The van der Waals surface area contributed by atoms with E-state index in [9.17, 15) is 22.7 Å². The van der Waals surface area contributed by atoms with Crippen LogP contribution in [-0.2, 0) is 26.1 Å². The van der Waals surface area contributed by atoms with Gasteiger partial charge in [0.05, 0.1) is 30.1 Å². The normalized spacial score (nSPS) is 21.1. The lowest BCUT2D eigenvalue weighted by atomic mass is 10.1. The number of ether oxygens (including phenoxy) is 1. The van der Waals surface area contributed by atoms with Crippen molar-refractivity contribution in [3.05, 3.63) is 77.6 Å². The molecule has 0 fully saturated rings. The molecule has 1 heterocycles. The van der Waals surface area contributed by atoms with Crippen LogP contribution in [0, 0.1) is 12.7 Å². The van der Waals surface area contributed by atoms with E-state index in [2.05, 4.69) is 10.0 Å². The first-order valence-electron chi connectivity index (χ1n) is 9.82. The molecule has 0 unspecified atom stereocenters. The SMILES string of the molecule is Cc1ccc(S(=O)(=O)N[C@@H]2C=C[C@@H](CC(=O)NCc3ccccc3F)O[C@@H]2CO)cc1. The summed E-state index contributed by atoms with van der Waals surface area (Å²) < 4.78 is 47.1. The van der Waals surface area contributed by atoms with Crippen molar-refractivity contribution in [2.75, 3.05) is 6.61 Å². The fourth-order valence-electron chi connectivity index (χ4n) is 3.17. The minimum atomic E-state index is -3.81. The molecular weight excluding hydrogens is 423 g/mol. The second kappa shape index (κ2) is 10.1. The lowest BCUT2D eigenvalue weighted by Gasteiger charge is -2.31. The van der Waals surface area contributed by atoms with E-state index >= 15 is 0 Å². The molecule has 0 bridgehead atoms. The van der Waals surface area contributed by atoms with Crippen LogP contribution in [0.1, 0.15) is 17.5 Å². The van der Waals surface area contributed by atoms with Gasteiger partial charge in [-0.3, -0.25) is 4.79 Å². The van der Waals surface area contributed by atoms with Gasteiger partial charge in [-0.15, -0.1) is 0 Å². The molecule has 1 aliphatic rings. The van der Waals surface area contributed by atoms with Crippen molar-refractivity contribution in [2.24, 2.45) is 0 Å². The summed E-state index contributed by atoms with van der Waals surface area (Å²) in [6.45, 7) is 1.47. The monoisotopic (exact) mass is 448 g/mol. The number of aliphatic hydroxyl groups is 1. The van der Waals surface area contributed by atoms with Gasteiger partial charge >= 0.3 is 0 Å². The Balaban J connectivity index is 1.59. The predicted molar refractivity (Wildman–Crippen MR) is 113 cm³/mol. The Labute approximate surface area is 181 Å². The van der Waals surface area contributed by atoms with Crippen LogP contribution in [-0.4, -0.2) is 44.3 Å². The van der Waals surface area contributed by atoms with Crippen LogP contribution in [0.4, 0.5) is 4.39 Å². The zero-order chi connectivity index (χ0) is 22.4. The molecule has 0 aromatic heterocycles. The second-order valence-electron chi connectivity index (χ2n) is 7.31. The third-order valence-electron chi connectivity index (χ3n) is 4.91. The largest absolute Gasteiger partial charge is 0.394 e. The molecule has 0 saturated carbocycles. The van der Waals surface area contributed by atoms with Gasteiger partial charge in [0.25, 0.3) is 0 Å². The van der Waals surface area contributed by atoms with Crippen molar-refractivity contribution in [3.8, 4) is 0 Å². The number of carbonyl (C=O) groups excluding carboxylic acids is 1. The lowest BCUT2D eigenvalue weighted by molar-refractivity contribution is -0.125. The molecule has 2 aromatic carbocycles. The highest BCUT2D eigenvalue weighted by molar-refractivity contribution is 7.89. The molecule has 0 aliphatic carbocycles. The van der Waals surface area contributed by atoms with Crippen LogP contribution in [0.2, 0.25) is 0 Å². The fraction of sp³-hybridized carbons (Fsp3) is 0.318. The molecule has 7 nitrogen and oxygen atoms in total. The van der Waals surface area contributed by atoms with Crippen LogP contribution >= 0.6 is 0 Å². The third kappa shape index (κ3) is 6.20. The lowest BCUT2D eigenvalue weighted by Crippen LogP contribution is -2.49. The summed E-state index contributed by atoms with van der Waals surface area (Å²) in [4.78, 5) is 12.3. The van der Waals surface area contributed by atoms with Crippen LogP contribution in [0.15, 0.2) is 65.6 Å². The summed E-state index contributed by atoms with van der Waals surface area (Å²) in [6, 6.07) is 11.8. The number of rotatable bonds is 8.